The first-order chi connectivity index (χ1) is 13.1. The molecule has 0 amide bonds. The van der Waals surface area contributed by atoms with Crippen LogP contribution in [-0.2, 0) is 9.53 Å². The van der Waals surface area contributed by atoms with Gasteiger partial charge in [-0.1, -0.05) is 35.0 Å². The SMILES string of the molecule is C=CCOc1ccc(C(=O)OC2CCC(C(=O)CCCCCBr)CC2)cc1. The molecule has 1 saturated carbocycles. The zero-order valence-electron chi connectivity index (χ0n) is 15.8. The first kappa shape index (κ1) is 21.7. The minimum Gasteiger partial charge on any atom is -0.490 e. The number of Topliss-reactive ketones (excluding diaryl/α,β-unsaturated/α-hetero) is 1. The smallest absolute Gasteiger partial charge is 0.338 e. The molecule has 0 saturated heterocycles. The Morgan fingerprint density at radius 2 is 1.78 bits per heavy atom. The Morgan fingerprint density at radius 3 is 2.41 bits per heavy atom. The van der Waals surface area contributed by atoms with E-state index in [-0.39, 0.29) is 18.0 Å². The molecule has 148 valence electrons. The number of ketones is 1. The van der Waals surface area contributed by atoms with E-state index in [0.717, 1.165) is 50.3 Å². The summed E-state index contributed by atoms with van der Waals surface area (Å²) >= 11 is 3.41. The van der Waals surface area contributed by atoms with E-state index >= 15 is 0 Å². The fourth-order valence-electron chi connectivity index (χ4n) is 3.34. The monoisotopic (exact) mass is 436 g/mol. The summed E-state index contributed by atoms with van der Waals surface area (Å²) in [7, 11) is 0. The Balaban J connectivity index is 1.72. The molecule has 1 aliphatic carbocycles. The molecule has 1 fully saturated rings. The Bertz CT molecular complexity index is 603. The van der Waals surface area contributed by atoms with Crippen LogP contribution in [0.5, 0.6) is 5.75 Å². The number of esters is 1. The summed E-state index contributed by atoms with van der Waals surface area (Å²) in [6.07, 6.45) is 8.65. The maximum atomic E-state index is 12.3. The van der Waals surface area contributed by atoms with E-state index in [4.69, 9.17) is 9.47 Å². The van der Waals surface area contributed by atoms with Gasteiger partial charge in [0.2, 0.25) is 0 Å². The number of hydrogen-bond acceptors (Lipinski definition) is 4. The molecule has 0 radical (unpaired) electrons. The number of carbonyl (C=O) groups excluding carboxylic acids is 2. The number of benzene rings is 1. The highest BCUT2D eigenvalue weighted by Gasteiger charge is 2.28. The van der Waals surface area contributed by atoms with E-state index in [2.05, 4.69) is 22.5 Å². The zero-order chi connectivity index (χ0) is 19.5. The summed E-state index contributed by atoms with van der Waals surface area (Å²) in [5, 5.41) is 1.00. The van der Waals surface area contributed by atoms with Crippen molar-refractivity contribution < 1.29 is 19.1 Å². The van der Waals surface area contributed by atoms with Gasteiger partial charge in [0, 0.05) is 17.7 Å². The summed E-state index contributed by atoms with van der Waals surface area (Å²) in [5.74, 6) is 0.908. The topological polar surface area (TPSA) is 52.6 Å². The number of ether oxygens (including phenoxy) is 2. The molecule has 0 aromatic heterocycles. The largest absolute Gasteiger partial charge is 0.490 e. The third-order valence-electron chi connectivity index (χ3n) is 4.92. The summed E-state index contributed by atoms with van der Waals surface area (Å²) in [6, 6.07) is 6.93. The molecule has 5 heteroatoms. The maximum absolute atomic E-state index is 12.3. The Hall–Kier alpha value is -1.62. The zero-order valence-corrected chi connectivity index (χ0v) is 17.4. The first-order valence-corrected chi connectivity index (χ1v) is 10.9. The van der Waals surface area contributed by atoms with Gasteiger partial charge in [-0.15, -0.1) is 0 Å². The number of hydrogen-bond donors (Lipinski definition) is 0. The van der Waals surface area contributed by atoms with Crippen LogP contribution in [0.15, 0.2) is 36.9 Å². The van der Waals surface area contributed by atoms with Crippen molar-refractivity contribution >= 4 is 27.7 Å². The van der Waals surface area contributed by atoms with Crippen LogP contribution in [0, 0.1) is 5.92 Å². The lowest BCUT2D eigenvalue weighted by Gasteiger charge is -2.27. The lowest BCUT2D eigenvalue weighted by molar-refractivity contribution is -0.124. The van der Waals surface area contributed by atoms with E-state index in [9.17, 15) is 9.59 Å². The standard InChI is InChI=1S/C22H29BrO4/c1-2-16-26-19-11-9-18(10-12-19)22(25)27-20-13-7-17(8-14-20)21(24)6-4-3-5-15-23/h2,9-12,17,20H,1,3-8,13-16H2. The minimum atomic E-state index is -0.310. The lowest BCUT2D eigenvalue weighted by Crippen LogP contribution is -2.28. The van der Waals surface area contributed by atoms with Crippen LogP contribution in [0.1, 0.15) is 61.7 Å². The number of unbranched alkanes of at least 4 members (excludes halogenated alkanes) is 2. The molecular formula is C22H29BrO4. The second-order valence-electron chi connectivity index (χ2n) is 6.97. The molecule has 0 unspecified atom stereocenters. The molecular weight excluding hydrogens is 408 g/mol. The van der Waals surface area contributed by atoms with Crippen LogP contribution in [0.25, 0.3) is 0 Å². The average Bonchev–Trinajstić information content (AvgIpc) is 2.70. The molecule has 0 N–H and O–H groups in total. The van der Waals surface area contributed by atoms with Crippen molar-refractivity contribution in [3.05, 3.63) is 42.5 Å². The van der Waals surface area contributed by atoms with Crippen LogP contribution >= 0.6 is 15.9 Å². The highest BCUT2D eigenvalue weighted by Crippen LogP contribution is 2.29. The van der Waals surface area contributed by atoms with Crippen molar-refractivity contribution in [1.82, 2.24) is 0 Å². The molecule has 27 heavy (non-hydrogen) atoms. The Labute approximate surface area is 170 Å². The van der Waals surface area contributed by atoms with Gasteiger partial charge in [-0.3, -0.25) is 4.79 Å². The fraction of sp³-hybridized carbons (Fsp3) is 0.545. The van der Waals surface area contributed by atoms with Gasteiger partial charge in [-0.25, -0.2) is 4.79 Å². The Morgan fingerprint density at radius 1 is 1.07 bits per heavy atom. The molecule has 0 atom stereocenters. The van der Waals surface area contributed by atoms with Crippen molar-refractivity contribution in [2.24, 2.45) is 5.92 Å². The highest BCUT2D eigenvalue weighted by molar-refractivity contribution is 9.09. The second-order valence-corrected chi connectivity index (χ2v) is 7.76. The van der Waals surface area contributed by atoms with Gasteiger partial charge in [0.05, 0.1) is 5.56 Å². The van der Waals surface area contributed by atoms with Gasteiger partial charge >= 0.3 is 5.97 Å². The van der Waals surface area contributed by atoms with Gasteiger partial charge in [0.1, 0.15) is 24.2 Å². The summed E-state index contributed by atoms with van der Waals surface area (Å²) in [4.78, 5) is 24.6. The van der Waals surface area contributed by atoms with Crippen molar-refractivity contribution in [1.29, 1.82) is 0 Å². The van der Waals surface area contributed by atoms with Crippen LogP contribution in [0.4, 0.5) is 0 Å². The number of rotatable bonds is 11. The number of halogens is 1. The summed E-state index contributed by atoms with van der Waals surface area (Å²) in [5.41, 5.74) is 0.519. The lowest BCUT2D eigenvalue weighted by atomic mass is 9.83. The first-order valence-electron chi connectivity index (χ1n) is 9.77. The minimum absolute atomic E-state index is 0.0911. The van der Waals surface area contributed by atoms with Crippen molar-refractivity contribution in [2.75, 3.05) is 11.9 Å². The normalized spacial score (nSPS) is 19.3. The van der Waals surface area contributed by atoms with Crippen LogP contribution in [-0.4, -0.2) is 29.8 Å². The van der Waals surface area contributed by atoms with Gasteiger partial charge in [-0.05, 0) is 62.8 Å². The van der Waals surface area contributed by atoms with Crippen LogP contribution < -0.4 is 4.74 Å². The number of carbonyl (C=O) groups is 2. The summed E-state index contributed by atoms with van der Waals surface area (Å²) < 4.78 is 11.0. The third-order valence-corrected chi connectivity index (χ3v) is 5.48. The fourth-order valence-corrected chi connectivity index (χ4v) is 3.74. The van der Waals surface area contributed by atoms with E-state index in [1.807, 2.05) is 0 Å². The van der Waals surface area contributed by atoms with E-state index in [1.54, 1.807) is 30.3 Å². The highest BCUT2D eigenvalue weighted by atomic mass is 79.9. The molecule has 1 aromatic carbocycles. The van der Waals surface area contributed by atoms with Crippen molar-refractivity contribution in [3.8, 4) is 5.75 Å². The molecule has 0 aliphatic heterocycles. The summed E-state index contributed by atoms with van der Waals surface area (Å²) in [6.45, 7) is 4.04. The third kappa shape index (κ3) is 7.49. The predicted molar refractivity (Wildman–Crippen MR) is 111 cm³/mol. The molecule has 0 bridgehead atoms. The molecule has 1 aromatic rings. The molecule has 1 aliphatic rings. The Kier molecular flexibility index (Phi) is 9.60. The van der Waals surface area contributed by atoms with Crippen LogP contribution in [0.3, 0.4) is 0 Å². The van der Waals surface area contributed by atoms with E-state index < -0.39 is 0 Å². The van der Waals surface area contributed by atoms with Crippen LogP contribution in [0.2, 0.25) is 0 Å². The van der Waals surface area contributed by atoms with E-state index in [1.165, 1.54) is 0 Å². The molecule has 0 heterocycles. The molecule has 0 spiro atoms. The molecule has 4 nitrogen and oxygen atoms in total. The number of alkyl halides is 1. The van der Waals surface area contributed by atoms with Crippen molar-refractivity contribution in [2.45, 2.75) is 57.5 Å². The van der Waals surface area contributed by atoms with Gasteiger partial charge in [-0.2, -0.15) is 0 Å². The average molecular weight is 437 g/mol. The van der Waals surface area contributed by atoms with Crippen molar-refractivity contribution in [3.63, 3.8) is 0 Å². The molecule has 2 rings (SSSR count). The van der Waals surface area contributed by atoms with Gasteiger partial charge in [0.25, 0.3) is 0 Å². The van der Waals surface area contributed by atoms with Gasteiger partial charge in [0.15, 0.2) is 0 Å². The van der Waals surface area contributed by atoms with Gasteiger partial charge < -0.3 is 9.47 Å². The second kappa shape index (κ2) is 12.0. The maximum Gasteiger partial charge on any atom is 0.338 e. The quantitative estimate of drug-likeness (QED) is 0.199. The van der Waals surface area contributed by atoms with E-state index in [0.29, 0.717) is 30.1 Å². The predicted octanol–water partition coefficient (Wildman–Crippen LogP) is 5.49.